The fourth-order valence-corrected chi connectivity index (χ4v) is 3.37. The van der Waals surface area contributed by atoms with Crippen molar-refractivity contribution in [2.45, 2.75) is 59.2 Å². The molecule has 0 aliphatic carbocycles. The van der Waals surface area contributed by atoms with E-state index in [1.807, 2.05) is 44.2 Å². The zero-order valence-electron chi connectivity index (χ0n) is 20.0. The van der Waals surface area contributed by atoms with Gasteiger partial charge in [-0.05, 0) is 37.5 Å². The van der Waals surface area contributed by atoms with E-state index in [9.17, 15) is 14.0 Å². The van der Waals surface area contributed by atoms with Gasteiger partial charge in [0.1, 0.15) is 12.8 Å². The molecule has 0 heterocycles. The Morgan fingerprint density at radius 1 is 1.03 bits per heavy atom. The number of hydrogen-bond donors (Lipinski definition) is 1. The van der Waals surface area contributed by atoms with Crippen molar-refractivity contribution in [1.82, 2.24) is 10.2 Å². The molecular formula is C26H35FN2O4. The minimum absolute atomic E-state index is 0.0492. The van der Waals surface area contributed by atoms with Crippen molar-refractivity contribution in [3.63, 3.8) is 0 Å². The van der Waals surface area contributed by atoms with Gasteiger partial charge in [0.15, 0.2) is 11.5 Å². The van der Waals surface area contributed by atoms with E-state index in [4.69, 9.17) is 9.47 Å². The summed E-state index contributed by atoms with van der Waals surface area (Å²) in [6.45, 7) is 6.82. The second kappa shape index (κ2) is 13.5. The summed E-state index contributed by atoms with van der Waals surface area (Å²) in [4.78, 5) is 27.5. The number of nitrogens with zero attached hydrogens (tertiary/aromatic N) is 1. The number of rotatable bonds is 12. The van der Waals surface area contributed by atoms with Gasteiger partial charge in [0.25, 0.3) is 5.91 Å². The number of amides is 3. The van der Waals surface area contributed by atoms with E-state index >= 15 is 0 Å². The monoisotopic (exact) mass is 458 g/mol. The summed E-state index contributed by atoms with van der Waals surface area (Å²) in [7, 11) is 1.46. The summed E-state index contributed by atoms with van der Waals surface area (Å²) in [5.41, 5.74) is 1.12. The molecule has 7 heteroatoms. The molecule has 0 radical (unpaired) electrons. The highest BCUT2D eigenvalue weighted by Crippen LogP contribution is 2.35. The van der Waals surface area contributed by atoms with Crippen LogP contribution in [0.15, 0.2) is 42.5 Å². The summed E-state index contributed by atoms with van der Waals surface area (Å²) in [5.74, 6) is -0.0392. The van der Waals surface area contributed by atoms with Crippen LogP contribution in [0, 0.1) is 0 Å². The van der Waals surface area contributed by atoms with Crippen molar-refractivity contribution in [1.29, 1.82) is 0 Å². The molecule has 2 aromatic carbocycles. The van der Waals surface area contributed by atoms with Gasteiger partial charge in [-0.25, -0.2) is 9.18 Å². The van der Waals surface area contributed by atoms with E-state index in [0.717, 1.165) is 31.2 Å². The molecule has 3 amide bonds. The summed E-state index contributed by atoms with van der Waals surface area (Å²) in [6.07, 6.45) is 2.13. The molecule has 0 saturated carbocycles. The third-order valence-electron chi connectivity index (χ3n) is 5.32. The maximum atomic E-state index is 14.4. The van der Waals surface area contributed by atoms with Crippen LogP contribution >= 0.6 is 0 Å². The molecule has 0 fully saturated rings. The number of benzene rings is 2. The van der Waals surface area contributed by atoms with Crippen LogP contribution in [0.3, 0.4) is 0 Å². The number of carbonyl (C=O) groups excluding carboxylic acids is 2. The zero-order valence-corrected chi connectivity index (χ0v) is 20.0. The van der Waals surface area contributed by atoms with Gasteiger partial charge in [-0.2, -0.15) is 0 Å². The van der Waals surface area contributed by atoms with Crippen LogP contribution in [0.2, 0.25) is 0 Å². The molecule has 0 spiro atoms. The molecule has 6 nitrogen and oxygen atoms in total. The van der Waals surface area contributed by atoms with Gasteiger partial charge in [0.05, 0.1) is 7.11 Å². The van der Waals surface area contributed by atoms with E-state index in [1.165, 1.54) is 26.2 Å². The quantitative estimate of drug-likeness (QED) is 0.420. The summed E-state index contributed by atoms with van der Waals surface area (Å²) in [5, 5.41) is 2.43. The number of urea groups is 1. The molecule has 1 N–H and O–H groups in total. The van der Waals surface area contributed by atoms with Crippen molar-refractivity contribution in [2.24, 2.45) is 0 Å². The summed E-state index contributed by atoms with van der Waals surface area (Å²) < 4.78 is 25.7. The molecule has 0 aliphatic rings. The molecule has 2 aromatic rings. The minimum atomic E-state index is -1.44. The molecule has 2 rings (SSSR count). The maximum Gasteiger partial charge on any atom is 0.324 e. The van der Waals surface area contributed by atoms with E-state index in [0.29, 0.717) is 24.6 Å². The van der Waals surface area contributed by atoms with Gasteiger partial charge < -0.3 is 14.4 Å². The fourth-order valence-electron chi connectivity index (χ4n) is 3.37. The Hall–Kier alpha value is -3.09. The van der Waals surface area contributed by atoms with E-state index in [-0.39, 0.29) is 17.7 Å². The van der Waals surface area contributed by atoms with Crippen molar-refractivity contribution in [3.8, 4) is 11.5 Å². The number of hydrogen-bond acceptors (Lipinski definition) is 4. The Morgan fingerprint density at radius 2 is 1.67 bits per heavy atom. The molecule has 33 heavy (non-hydrogen) atoms. The van der Waals surface area contributed by atoms with Crippen LogP contribution in [0.25, 0.3) is 0 Å². The molecule has 0 aromatic heterocycles. The van der Waals surface area contributed by atoms with Gasteiger partial charge in [0, 0.05) is 24.2 Å². The number of unbranched alkanes of at least 4 members (excludes halogenated alkanes) is 2. The lowest BCUT2D eigenvalue weighted by Gasteiger charge is -2.23. The minimum Gasteiger partial charge on any atom is -0.493 e. The highest BCUT2D eigenvalue weighted by molar-refractivity contribution is 6.05. The summed E-state index contributed by atoms with van der Waals surface area (Å²) >= 11 is 0. The van der Waals surface area contributed by atoms with Gasteiger partial charge in [-0.15, -0.1) is 0 Å². The molecule has 0 saturated heterocycles. The summed E-state index contributed by atoms with van der Waals surface area (Å²) in [6, 6.07) is 12.0. The molecule has 1 unspecified atom stereocenters. The number of halogens is 1. The second-order valence-corrected chi connectivity index (χ2v) is 7.93. The Kier molecular flexibility index (Phi) is 10.7. The van der Waals surface area contributed by atoms with Gasteiger partial charge in [-0.3, -0.25) is 10.1 Å². The van der Waals surface area contributed by atoms with E-state index < -0.39 is 18.1 Å². The number of carbonyl (C=O) groups is 2. The lowest BCUT2D eigenvalue weighted by atomic mass is 10.0. The van der Waals surface area contributed by atoms with Gasteiger partial charge >= 0.3 is 6.03 Å². The van der Waals surface area contributed by atoms with Gasteiger partial charge in [-0.1, -0.05) is 57.0 Å². The normalized spacial score (nSPS) is 11.5. The maximum absolute atomic E-state index is 14.4. The number of alkyl halides is 1. The first kappa shape index (κ1) is 26.2. The number of methoxy groups -OCH3 is 1. The smallest absolute Gasteiger partial charge is 0.324 e. The lowest BCUT2D eigenvalue weighted by molar-refractivity contribution is 0.0948. The first-order chi connectivity index (χ1) is 15.9. The van der Waals surface area contributed by atoms with Crippen molar-refractivity contribution >= 4 is 11.9 Å². The van der Waals surface area contributed by atoms with Crippen LogP contribution < -0.4 is 14.8 Å². The Morgan fingerprint density at radius 3 is 2.21 bits per heavy atom. The van der Waals surface area contributed by atoms with Crippen LogP contribution in [0.5, 0.6) is 11.5 Å². The van der Waals surface area contributed by atoms with Crippen LogP contribution in [-0.2, 0) is 6.61 Å². The van der Waals surface area contributed by atoms with Crippen LogP contribution in [-0.4, -0.2) is 37.0 Å². The average Bonchev–Trinajstić information content (AvgIpc) is 2.82. The van der Waals surface area contributed by atoms with Crippen molar-refractivity contribution in [2.75, 3.05) is 20.2 Å². The predicted molar refractivity (Wildman–Crippen MR) is 128 cm³/mol. The van der Waals surface area contributed by atoms with Crippen molar-refractivity contribution < 1.29 is 23.5 Å². The first-order valence-electron chi connectivity index (χ1n) is 11.5. The second-order valence-electron chi connectivity index (χ2n) is 7.93. The highest BCUT2D eigenvalue weighted by atomic mass is 19.1. The zero-order chi connectivity index (χ0) is 24.2. The topological polar surface area (TPSA) is 67.9 Å². The molecule has 0 bridgehead atoms. The van der Waals surface area contributed by atoms with Crippen molar-refractivity contribution in [3.05, 3.63) is 59.2 Å². The van der Waals surface area contributed by atoms with Crippen LogP contribution in [0.4, 0.5) is 9.18 Å². The molecule has 0 aliphatic heterocycles. The average molecular weight is 459 g/mol. The first-order valence-corrected chi connectivity index (χ1v) is 11.5. The van der Waals surface area contributed by atoms with E-state index in [1.54, 1.807) is 4.90 Å². The largest absolute Gasteiger partial charge is 0.493 e. The standard InChI is InChI=1S/C26H35FN2O4/c1-5-7-14-29(15-8-6-2)26(31)28-25(30)22-17-24(23(32-4)16-21(22)19(3)27)33-18-20-12-10-9-11-13-20/h9-13,16-17,19H,5-8,14-15,18H2,1-4H3,(H,28,30,31). The SMILES string of the molecule is CCCCN(CCCC)C(=O)NC(=O)c1cc(OCc2ccccc2)c(OC)cc1C(C)F. The number of imide groups is 1. The molecule has 180 valence electrons. The molecular weight excluding hydrogens is 423 g/mol. The van der Waals surface area contributed by atoms with Gasteiger partial charge in [0.2, 0.25) is 0 Å². The van der Waals surface area contributed by atoms with Crippen LogP contribution in [0.1, 0.15) is 74.1 Å². The Balaban J connectivity index is 2.27. The fraction of sp³-hybridized carbons (Fsp3) is 0.462. The Labute approximate surface area is 196 Å². The van der Waals surface area contributed by atoms with E-state index in [2.05, 4.69) is 5.32 Å². The number of ether oxygens (including phenoxy) is 2. The lowest BCUT2D eigenvalue weighted by Crippen LogP contribution is -2.44. The third kappa shape index (κ3) is 7.77. The predicted octanol–water partition coefficient (Wildman–Crippen LogP) is 6.06. The Bertz CT molecular complexity index is 895. The number of nitrogens with one attached hydrogen (secondary N) is 1. The highest BCUT2D eigenvalue weighted by Gasteiger charge is 2.24. The third-order valence-corrected chi connectivity index (χ3v) is 5.32. The molecule has 1 atom stereocenters.